The molecule has 43 heavy (non-hydrogen) atoms. The quantitative estimate of drug-likeness (QED) is 0.212. The number of hydrogen-bond donors (Lipinski definition) is 0. The average molecular weight is 567 g/mol. The number of para-hydroxylation sites is 2. The lowest BCUT2D eigenvalue weighted by atomic mass is 9.94. The summed E-state index contributed by atoms with van der Waals surface area (Å²) in [6.45, 7) is 0. The number of nitrogens with zero attached hydrogens (tertiary/aromatic N) is 2. The van der Waals surface area contributed by atoms with Crippen molar-refractivity contribution in [2.24, 2.45) is 0 Å². The minimum Gasteiger partial charge on any atom is -0.244 e. The first kappa shape index (κ1) is 25.5. The van der Waals surface area contributed by atoms with Gasteiger partial charge in [0.05, 0.1) is 22.4 Å². The molecular weight excluding hydrogens is 541 g/mol. The van der Waals surface area contributed by atoms with E-state index < -0.39 is 0 Å². The van der Waals surface area contributed by atoms with Crippen molar-refractivity contribution in [2.45, 2.75) is 9.79 Å². The van der Waals surface area contributed by atoms with Gasteiger partial charge in [0.15, 0.2) is 0 Å². The molecule has 0 saturated carbocycles. The molecule has 202 valence electrons. The van der Waals surface area contributed by atoms with Crippen molar-refractivity contribution >= 4 is 34.9 Å². The molecule has 3 heteroatoms. The fourth-order valence-corrected chi connectivity index (χ4v) is 6.84. The molecule has 0 fully saturated rings. The molecule has 0 amide bonds. The second-order valence-electron chi connectivity index (χ2n) is 10.6. The highest BCUT2D eigenvalue weighted by molar-refractivity contribution is 7.99. The molecule has 1 aliphatic rings. The minimum atomic E-state index is 0.887. The predicted molar refractivity (Wildman–Crippen MR) is 181 cm³/mol. The predicted octanol–water partition coefficient (Wildman–Crippen LogP) is 10.9. The molecule has 0 bridgehead atoms. The second-order valence-corrected chi connectivity index (χ2v) is 11.7. The maximum Gasteiger partial charge on any atom is 0.0973 e. The molecule has 0 spiro atoms. The van der Waals surface area contributed by atoms with Crippen LogP contribution in [0.2, 0.25) is 0 Å². The van der Waals surface area contributed by atoms with Crippen LogP contribution in [0.4, 0.5) is 0 Å². The molecule has 0 unspecified atom stereocenters. The van der Waals surface area contributed by atoms with E-state index in [1.54, 1.807) is 0 Å². The number of benzene rings is 6. The van der Waals surface area contributed by atoms with E-state index in [4.69, 9.17) is 9.97 Å². The number of fused-ring (bicyclic) bond motifs is 3. The maximum atomic E-state index is 5.12. The molecule has 7 aromatic rings. The SMILES string of the molecule is C1=Cc2c(cccc2-c2cccc(-c3cccc(-c4nc5ccccc5nc4-c4ccccc4)c3)c2)Sc2ccccc21. The number of rotatable bonds is 4. The van der Waals surface area contributed by atoms with Crippen LogP contribution < -0.4 is 0 Å². The van der Waals surface area contributed by atoms with Crippen molar-refractivity contribution in [2.75, 3.05) is 0 Å². The Morgan fingerprint density at radius 3 is 1.74 bits per heavy atom. The lowest BCUT2D eigenvalue weighted by Crippen LogP contribution is -1.95. The van der Waals surface area contributed by atoms with Crippen LogP contribution in [0, 0.1) is 0 Å². The zero-order valence-corrected chi connectivity index (χ0v) is 24.1. The van der Waals surface area contributed by atoms with Gasteiger partial charge in [-0.25, -0.2) is 9.97 Å². The van der Waals surface area contributed by atoms with Gasteiger partial charge in [0.25, 0.3) is 0 Å². The summed E-state index contributed by atoms with van der Waals surface area (Å²) in [4.78, 5) is 12.8. The first-order valence-corrected chi connectivity index (χ1v) is 15.2. The van der Waals surface area contributed by atoms with Gasteiger partial charge in [0.1, 0.15) is 0 Å². The van der Waals surface area contributed by atoms with E-state index in [0.29, 0.717) is 0 Å². The average Bonchev–Trinajstić information content (AvgIpc) is 3.28. The third kappa shape index (κ3) is 4.84. The molecule has 6 aromatic carbocycles. The summed E-state index contributed by atoms with van der Waals surface area (Å²) < 4.78 is 0. The van der Waals surface area contributed by atoms with Gasteiger partial charge < -0.3 is 0 Å². The zero-order chi connectivity index (χ0) is 28.6. The van der Waals surface area contributed by atoms with Crippen molar-refractivity contribution in [3.63, 3.8) is 0 Å². The van der Waals surface area contributed by atoms with Crippen LogP contribution in [-0.4, -0.2) is 9.97 Å². The molecule has 0 aliphatic carbocycles. The summed E-state index contributed by atoms with van der Waals surface area (Å²) in [5.74, 6) is 0. The Bertz CT molecular complexity index is 2160. The fourth-order valence-electron chi connectivity index (χ4n) is 5.77. The monoisotopic (exact) mass is 566 g/mol. The Kier molecular flexibility index (Phi) is 6.43. The minimum absolute atomic E-state index is 0.887. The van der Waals surface area contributed by atoms with Gasteiger partial charge >= 0.3 is 0 Å². The molecule has 1 aromatic heterocycles. The van der Waals surface area contributed by atoms with E-state index in [1.165, 1.54) is 37.6 Å². The fraction of sp³-hybridized carbons (Fsp3) is 0. The van der Waals surface area contributed by atoms with E-state index in [9.17, 15) is 0 Å². The Morgan fingerprint density at radius 2 is 0.953 bits per heavy atom. The first-order valence-electron chi connectivity index (χ1n) is 14.4. The van der Waals surface area contributed by atoms with Crippen LogP contribution in [0.5, 0.6) is 0 Å². The van der Waals surface area contributed by atoms with Gasteiger partial charge in [-0.05, 0) is 69.8 Å². The van der Waals surface area contributed by atoms with E-state index in [1.807, 2.05) is 42.1 Å². The van der Waals surface area contributed by atoms with Gasteiger partial charge in [0, 0.05) is 20.9 Å². The van der Waals surface area contributed by atoms with Crippen LogP contribution in [0.25, 0.3) is 68.0 Å². The van der Waals surface area contributed by atoms with Crippen LogP contribution >= 0.6 is 11.8 Å². The zero-order valence-electron chi connectivity index (χ0n) is 23.3. The van der Waals surface area contributed by atoms with Crippen molar-refractivity contribution in [3.05, 3.63) is 157 Å². The Hall–Kier alpha value is -5.25. The topological polar surface area (TPSA) is 25.8 Å². The highest BCUT2D eigenvalue weighted by Gasteiger charge is 2.16. The largest absolute Gasteiger partial charge is 0.244 e. The van der Waals surface area contributed by atoms with Crippen LogP contribution in [-0.2, 0) is 0 Å². The number of hydrogen-bond acceptors (Lipinski definition) is 3. The van der Waals surface area contributed by atoms with Gasteiger partial charge in [0.2, 0.25) is 0 Å². The highest BCUT2D eigenvalue weighted by Crippen LogP contribution is 2.42. The summed E-state index contributed by atoms with van der Waals surface area (Å²) in [7, 11) is 0. The Balaban J connectivity index is 1.22. The summed E-state index contributed by atoms with van der Waals surface area (Å²) in [5.41, 5.74) is 12.9. The lowest BCUT2D eigenvalue weighted by Gasteiger charge is -2.14. The smallest absolute Gasteiger partial charge is 0.0973 e. The molecular formula is C40H26N2S. The Morgan fingerprint density at radius 1 is 0.395 bits per heavy atom. The second kappa shape index (κ2) is 10.9. The van der Waals surface area contributed by atoms with Gasteiger partial charge in [-0.2, -0.15) is 0 Å². The molecule has 0 atom stereocenters. The Labute approximate surface area is 255 Å². The highest BCUT2D eigenvalue weighted by atomic mass is 32.2. The molecule has 0 saturated heterocycles. The van der Waals surface area contributed by atoms with E-state index in [-0.39, 0.29) is 0 Å². The van der Waals surface area contributed by atoms with Crippen LogP contribution in [0.1, 0.15) is 11.1 Å². The third-order valence-electron chi connectivity index (χ3n) is 7.90. The summed E-state index contributed by atoms with van der Waals surface area (Å²) in [5, 5.41) is 0. The molecule has 2 heterocycles. The van der Waals surface area contributed by atoms with E-state index >= 15 is 0 Å². The van der Waals surface area contributed by atoms with Gasteiger partial charge in [-0.3, -0.25) is 0 Å². The van der Waals surface area contributed by atoms with Crippen LogP contribution in [0.3, 0.4) is 0 Å². The molecule has 2 nitrogen and oxygen atoms in total. The van der Waals surface area contributed by atoms with Gasteiger partial charge in [-0.1, -0.05) is 133 Å². The summed E-state index contributed by atoms with van der Waals surface area (Å²) in [6.07, 6.45) is 4.50. The van der Waals surface area contributed by atoms with E-state index in [2.05, 4.69) is 127 Å². The first-order chi connectivity index (χ1) is 21.3. The van der Waals surface area contributed by atoms with Gasteiger partial charge in [-0.15, -0.1) is 0 Å². The normalized spacial score (nSPS) is 12.0. The van der Waals surface area contributed by atoms with Crippen molar-refractivity contribution < 1.29 is 0 Å². The van der Waals surface area contributed by atoms with Crippen LogP contribution in [0.15, 0.2) is 155 Å². The molecule has 0 N–H and O–H groups in total. The van der Waals surface area contributed by atoms with E-state index in [0.717, 1.165) is 39.1 Å². The molecule has 8 rings (SSSR count). The standard InChI is InChI=1S/C40H26N2S/c1-2-12-28(13-3-1)39-40(42-36-20-6-5-19-35(36)41-39)32-17-9-15-30(26-32)29-14-8-16-31(25-29)33-18-10-22-38-34(33)24-23-27-11-4-7-21-37(27)43-38/h1-26H. The summed E-state index contributed by atoms with van der Waals surface area (Å²) in [6, 6.07) is 51.1. The maximum absolute atomic E-state index is 5.12. The molecule has 1 aliphatic heterocycles. The van der Waals surface area contributed by atoms with Crippen molar-refractivity contribution in [1.29, 1.82) is 0 Å². The number of aromatic nitrogens is 2. The lowest BCUT2D eigenvalue weighted by molar-refractivity contribution is 1.29. The summed E-state index contributed by atoms with van der Waals surface area (Å²) >= 11 is 1.84. The van der Waals surface area contributed by atoms with Crippen molar-refractivity contribution in [1.82, 2.24) is 9.97 Å². The molecule has 0 radical (unpaired) electrons. The third-order valence-corrected chi connectivity index (χ3v) is 9.06. The van der Waals surface area contributed by atoms with Crippen molar-refractivity contribution in [3.8, 4) is 44.8 Å².